The highest BCUT2D eigenvalue weighted by Gasteiger charge is 2.40. The van der Waals surface area contributed by atoms with Crippen molar-refractivity contribution in [3.05, 3.63) is 0 Å². The zero-order chi connectivity index (χ0) is 14.7. The zero-order valence-corrected chi connectivity index (χ0v) is 12.5. The Labute approximate surface area is 114 Å². The fraction of sp³-hybridized carbons (Fsp3) is 1.00. The SMILES string of the molecule is CCC1(CC)CN(CCCC(F)(F)F)C(C)(C)CN1. The Balaban J connectivity index is 2.61. The van der Waals surface area contributed by atoms with Gasteiger partial charge in [-0.1, -0.05) is 13.8 Å². The highest BCUT2D eigenvalue weighted by atomic mass is 19.4. The molecule has 0 aromatic rings. The molecule has 0 bridgehead atoms. The topological polar surface area (TPSA) is 15.3 Å². The van der Waals surface area contributed by atoms with Crippen molar-refractivity contribution in [3.8, 4) is 0 Å². The molecule has 0 aromatic carbocycles. The molecule has 2 nitrogen and oxygen atoms in total. The van der Waals surface area contributed by atoms with Gasteiger partial charge in [0.05, 0.1) is 0 Å². The van der Waals surface area contributed by atoms with Crippen molar-refractivity contribution >= 4 is 0 Å². The number of piperazine rings is 1. The first-order valence-corrected chi connectivity index (χ1v) is 7.21. The summed E-state index contributed by atoms with van der Waals surface area (Å²) in [5, 5.41) is 3.59. The summed E-state index contributed by atoms with van der Waals surface area (Å²) in [6.45, 7) is 10.7. The minimum absolute atomic E-state index is 0.0632. The van der Waals surface area contributed by atoms with Gasteiger partial charge in [-0.15, -0.1) is 0 Å². The van der Waals surface area contributed by atoms with Crippen LogP contribution in [0, 0.1) is 0 Å². The number of hydrogen-bond acceptors (Lipinski definition) is 2. The molecule has 0 radical (unpaired) electrons. The van der Waals surface area contributed by atoms with Crippen LogP contribution in [-0.4, -0.2) is 41.8 Å². The average molecular weight is 280 g/mol. The van der Waals surface area contributed by atoms with E-state index in [1.165, 1.54) is 0 Å². The first kappa shape index (κ1) is 16.8. The largest absolute Gasteiger partial charge is 0.389 e. The number of nitrogens with zero attached hydrogens (tertiary/aromatic N) is 1. The molecule has 5 heteroatoms. The van der Waals surface area contributed by atoms with Crippen LogP contribution in [0.4, 0.5) is 13.2 Å². The number of nitrogens with one attached hydrogen (secondary N) is 1. The molecular formula is C14H27F3N2. The van der Waals surface area contributed by atoms with Crippen molar-refractivity contribution in [3.63, 3.8) is 0 Å². The minimum Gasteiger partial charge on any atom is -0.308 e. The Morgan fingerprint density at radius 2 is 1.74 bits per heavy atom. The van der Waals surface area contributed by atoms with Crippen molar-refractivity contribution in [2.45, 2.75) is 70.6 Å². The molecule has 1 aliphatic heterocycles. The van der Waals surface area contributed by atoms with Gasteiger partial charge in [0.15, 0.2) is 0 Å². The maximum absolute atomic E-state index is 12.3. The molecule has 19 heavy (non-hydrogen) atoms. The Bertz CT molecular complexity index is 283. The van der Waals surface area contributed by atoms with Crippen molar-refractivity contribution in [2.75, 3.05) is 19.6 Å². The molecule has 0 saturated carbocycles. The summed E-state index contributed by atoms with van der Waals surface area (Å²) in [5.74, 6) is 0. The third kappa shape index (κ3) is 4.63. The maximum atomic E-state index is 12.3. The van der Waals surface area contributed by atoms with Gasteiger partial charge in [0, 0.05) is 30.6 Å². The summed E-state index contributed by atoms with van der Waals surface area (Å²) in [6.07, 6.45) is -2.51. The van der Waals surface area contributed by atoms with E-state index in [0.717, 1.165) is 25.9 Å². The van der Waals surface area contributed by atoms with Gasteiger partial charge in [-0.3, -0.25) is 4.90 Å². The molecule has 1 rings (SSSR count). The van der Waals surface area contributed by atoms with E-state index in [9.17, 15) is 13.2 Å². The van der Waals surface area contributed by atoms with Crippen LogP contribution in [0.1, 0.15) is 53.4 Å². The van der Waals surface area contributed by atoms with Crippen LogP contribution >= 0.6 is 0 Å². The first-order chi connectivity index (χ1) is 8.64. The van der Waals surface area contributed by atoms with Gasteiger partial charge >= 0.3 is 6.18 Å². The smallest absolute Gasteiger partial charge is 0.308 e. The predicted octanol–water partition coefficient (Wildman–Crippen LogP) is 3.57. The van der Waals surface area contributed by atoms with Gasteiger partial charge < -0.3 is 5.32 Å². The molecule has 0 aromatic heterocycles. The number of halogens is 3. The Morgan fingerprint density at radius 3 is 2.21 bits per heavy atom. The second-order valence-electron chi connectivity index (χ2n) is 6.29. The zero-order valence-electron chi connectivity index (χ0n) is 12.5. The van der Waals surface area contributed by atoms with E-state index in [2.05, 4.69) is 37.9 Å². The highest BCUT2D eigenvalue weighted by molar-refractivity contribution is 5.00. The van der Waals surface area contributed by atoms with Crippen LogP contribution in [0.3, 0.4) is 0 Å². The van der Waals surface area contributed by atoms with Crippen LogP contribution in [0.25, 0.3) is 0 Å². The van der Waals surface area contributed by atoms with Crippen LogP contribution < -0.4 is 5.32 Å². The van der Waals surface area contributed by atoms with Crippen LogP contribution in [0.2, 0.25) is 0 Å². The van der Waals surface area contributed by atoms with E-state index in [1.807, 2.05) is 0 Å². The molecule has 0 unspecified atom stereocenters. The van der Waals surface area contributed by atoms with Crippen LogP contribution in [0.15, 0.2) is 0 Å². The maximum Gasteiger partial charge on any atom is 0.389 e. The standard InChI is InChI=1S/C14H27F3N2/c1-5-13(6-2)11-19(12(3,4)10-18-13)9-7-8-14(15,16)17/h18H,5-11H2,1-4H3. The van der Waals surface area contributed by atoms with Crippen molar-refractivity contribution in [1.29, 1.82) is 0 Å². The lowest BCUT2D eigenvalue weighted by atomic mass is 9.85. The summed E-state index contributed by atoms with van der Waals surface area (Å²) < 4.78 is 36.8. The normalized spacial score (nSPS) is 23.5. The second-order valence-corrected chi connectivity index (χ2v) is 6.29. The molecule has 1 aliphatic rings. The number of rotatable bonds is 5. The van der Waals surface area contributed by atoms with Gasteiger partial charge in [0.25, 0.3) is 0 Å². The summed E-state index contributed by atoms with van der Waals surface area (Å²) in [7, 11) is 0. The minimum atomic E-state index is -4.04. The van der Waals surface area contributed by atoms with E-state index < -0.39 is 12.6 Å². The number of alkyl halides is 3. The average Bonchev–Trinajstić information content (AvgIpc) is 2.30. The summed E-state index contributed by atoms with van der Waals surface area (Å²) >= 11 is 0. The summed E-state index contributed by atoms with van der Waals surface area (Å²) in [5.41, 5.74) is -0.00675. The van der Waals surface area contributed by atoms with Crippen molar-refractivity contribution in [2.24, 2.45) is 0 Å². The Morgan fingerprint density at radius 1 is 1.16 bits per heavy atom. The molecule has 0 amide bonds. The van der Waals surface area contributed by atoms with Crippen molar-refractivity contribution < 1.29 is 13.2 Å². The molecule has 0 aliphatic carbocycles. The molecule has 1 N–H and O–H groups in total. The molecule has 0 spiro atoms. The predicted molar refractivity (Wildman–Crippen MR) is 72.3 cm³/mol. The van der Waals surface area contributed by atoms with Gasteiger partial charge in [0.2, 0.25) is 0 Å². The second kappa shape index (κ2) is 6.00. The van der Waals surface area contributed by atoms with E-state index >= 15 is 0 Å². The number of hydrogen-bond donors (Lipinski definition) is 1. The third-order valence-corrected chi connectivity index (χ3v) is 4.49. The molecule has 0 atom stereocenters. The van der Waals surface area contributed by atoms with Gasteiger partial charge in [0.1, 0.15) is 0 Å². The Kier molecular flexibility index (Phi) is 5.29. The summed E-state index contributed by atoms with van der Waals surface area (Å²) in [4.78, 5) is 2.22. The van der Waals surface area contributed by atoms with Gasteiger partial charge in [-0.05, 0) is 39.7 Å². The molecule has 1 saturated heterocycles. The lowest BCUT2D eigenvalue weighted by molar-refractivity contribution is -0.137. The van der Waals surface area contributed by atoms with Gasteiger partial charge in [-0.25, -0.2) is 0 Å². The monoisotopic (exact) mass is 280 g/mol. The first-order valence-electron chi connectivity index (χ1n) is 7.21. The van der Waals surface area contributed by atoms with Crippen molar-refractivity contribution in [1.82, 2.24) is 10.2 Å². The Hall–Kier alpha value is -0.290. The van der Waals surface area contributed by atoms with E-state index in [-0.39, 0.29) is 17.5 Å². The molecule has 114 valence electrons. The lowest BCUT2D eigenvalue weighted by Crippen LogP contribution is -2.67. The van der Waals surface area contributed by atoms with Crippen LogP contribution in [-0.2, 0) is 0 Å². The highest BCUT2D eigenvalue weighted by Crippen LogP contribution is 2.29. The van der Waals surface area contributed by atoms with Gasteiger partial charge in [-0.2, -0.15) is 13.2 Å². The van der Waals surface area contributed by atoms with E-state index in [0.29, 0.717) is 6.54 Å². The summed E-state index contributed by atoms with van der Waals surface area (Å²) in [6, 6.07) is 0. The third-order valence-electron chi connectivity index (χ3n) is 4.49. The van der Waals surface area contributed by atoms with E-state index in [1.54, 1.807) is 0 Å². The fourth-order valence-corrected chi connectivity index (χ4v) is 2.73. The fourth-order valence-electron chi connectivity index (χ4n) is 2.73. The lowest BCUT2D eigenvalue weighted by Gasteiger charge is -2.52. The van der Waals surface area contributed by atoms with E-state index in [4.69, 9.17) is 0 Å². The molecular weight excluding hydrogens is 253 g/mol. The molecule has 1 fully saturated rings. The molecule has 1 heterocycles. The van der Waals surface area contributed by atoms with Crippen LogP contribution in [0.5, 0.6) is 0 Å². The quantitative estimate of drug-likeness (QED) is 0.828.